The Balaban J connectivity index is 1.40. The molecule has 3 aromatic rings. The topological polar surface area (TPSA) is 67.2 Å². The van der Waals surface area contributed by atoms with Gasteiger partial charge in [0.15, 0.2) is 0 Å². The summed E-state index contributed by atoms with van der Waals surface area (Å²) in [5.41, 5.74) is -0.871. The van der Waals surface area contributed by atoms with Crippen molar-refractivity contribution in [1.82, 2.24) is 24.4 Å². The van der Waals surface area contributed by atoms with Crippen LogP contribution in [0.1, 0.15) is 16.1 Å². The van der Waals surface area contributed by atoms with Crippen molar-refractivity contribution >= 4 is 11.7 Å². The van der Waals surface area contributed by atoms with Crippen LogP contribution in [0.25, 0.3) is 5.82 Å². The fourth-order valence-electron chi connectivity index (χ4n) is 3.15. The fraction of sp³-hybridized carbons (Fsp3) is 0.263. The Morgan fingerprint density at radius 1 is 0.931 bits per heavy atom. The van der Waals surface area contributed by atoms with Gasteiger partial charge in [0.05, 0.1) is 5.56 Å². The lowest BCUT2D eigenvalue weighted by molar-refractivity contribution is -0.141. The minimum absolute atomic E-state index is 0.142. The van der Waals surface area contributed by atoms with Crippen molar-refractivity contribution in [3.63, 3.8) is 0 Å². The Morgan fingerprint density at radius 2 is 1.62 bits per heavy atom. The summed E-state index contributed by atoms with van der Waals surface area (Å²) in [6.45, 7) is 1.98. The molecule has 1 fully saturated rings. The predicted molar refractivity (Wildman–Crippen MR) is 98.7 cm³/mol. The van der Waals surface area contributed by atoms with Gasteiger partial charge in [0, 0.05) is 50.8 Å². The molecule has 0 bridgehead atoms. The Labute approximate surface area is 164 Å². The van der Waals surface area contributed by atoms with Gasteiger partial charge in [-0.3, -0.25) is 9.78 Å². The number of hydrogen-bond donors (Lipinski definition) is 0. The zero-order valence-electron chi connectivity index (χ0n) is 15.3. The van der Waals surface area contributed by atoms with E-state index >= 15 is 0 Å². The lowest BCUT2D eigenvalue weighted by Gasteiger charge is -2.35. The van der Waals surface area contributed by atoms with E-state index in [2.05, 4.69) is 15.0 Å². The third-order valence-corrected chi connectivity index (χ3v) is 4.70. The van der Waals surface area contributed by atoms with E-state index in [1.54, 1.807) is 4.90 Å². The zero-order valence-corrected chi connectivity index (χ0v) is 15.3. The van der Waals surface area contributed by atoms with Crippen molar-refractivity contribution in [3.05, 3.63) is 66.5 Å². The molecule has 0 aromatic carbocycles. The van der Waals surface area contributed by atoms with Crippen LogP contribution < -0.4 is 4.90 Å². The lowest BCUT2D eigenvalue weighted by atomic mass is 10.2. The fourth-order valence-corrected chi connectivity index (χ4v) is 3.15. The van der Waals surface area contributed by atoms with Crippen molar-refractivity contribution in [2.45, 2.75) is 6.18 Å². The molecule has 4 rings (SSSR count). The normalized spacial score (nSPS) is 14.9. The zero-order chi connectivity index (χ0) is 20.4. The van der Waals surface area contributed by atoms with Crippen molar-refractivity contribution < 1.29 is 18.0 Å². The first kappa shape index (κ1) is 18.9. The first-order chi connectivity index (χ1) is 13.9. The number of carbonyl (C=O) groups is 1. The minimum Gasteiger partial charge on any atom is -0.353 e. The molecule has 1 saturated heterocycles. The second kappa shape index (κ2) is 7.53. The first-order valence-corrected chi connectivity index (χ1v) is 8.95. The van der Waals surface area contributed by atoms with Gasteiger partial charge in [-0.15, -0.1) is 0 Å². The number of halogens is 3. The highest BCUT2D eigenvalue weighted by molar-refractivity contribution is 5.94. The van der Waals surface area contributed by atoms with E-state index in [-0.39, 0.29) is 11.5 Å². The van der Waals surface area contributed by atoms with Crippen molar-refractivity contribution in [2.24, 2.45) is 0 Å². The monoisotopic (exact) mass is 402 g/mol. The molecule has 1 aliphatic heterocycles. The number of nitrogens with zero attached hydrogens (tertiary/aromatic N) is 6. The van der Waals surface area contributed by atoms with Crippen LogP contribution in [0.3, 0.4) is 0 Å². The molecule has 0 radical (unpaired) electrons. The van der Waals surface area contributed by atoms with Crippen LogP contribution in [0, 0.1) is 0 Å². The molecule has 29 heavy (non-hydrogen) atoms. The number of alkyl halides is 3. The van der Waals surface area contributed by atoms with E-state index in [1.165, 1.54) is 6.33 Å². The molecular formula is C19H17F3N6O. The van der Waals surface area contributed by atoms with Crippen molar-refractivity contribution in [1.29, 1.82) is 0 Å². The second-order valence-corrected chi connectivity index (χ2v) is 6.53. The molecule has 0 unspecified atom stereocenters. The number of rotatable bonds is 3. The molecule has 0 saturated carbocycles. The van der Waals surface area contributed by atoms with E-state index in [1.807, 2.05) is 40.1 Å². The number of hydrogen-bond acceptors (Lipinski definition) is 5. The maximum Gasteiger partial charge on any atom is 0.433 e. The van der Waals surface area contributed by atoms with Gasteiger partial charge in [-0.2, -0.15) is 13.2 Å². The van der Waals surface area contributed by atoms with Gasteiger partial charge >= 0.3 is 6.18 Å². The van der Waals surface area contributed by atoms with E-state index in [4.69, 9.17) is 0 Å². The average Bonchev–Trinajstić information content (AvgIpc) is 3.28. The van der Waals surface area contributed by atoms with Crippen LogP contribution in [0.4, 0.5) is 19.0 Å². The number of amides is 1. The number of anilines is 1. The molecule has 7 nitrogen and oxygen atoms in total. The van der Waals surface area contributed by atoms with Crippen molar-refractivity contribution in [2.75, 3.05) is 31.1 Å². The van der Waals surface area contributed by atoms with Gasteiger partial charge in [-0.25, -0.2) is 9.97 Å². The van der Waals surface area contributed by atoms with E-state index in [0.29, 0.717) is 26.2 Å². The molecule has 10 heteroatoms. The van der Waals surface area contributed by atoms with E-state index in [9.17, 15) is 18.0 Å². The number of carbonyl (C=O) groups excluding carboxylic acids is 1. The smallest absolute Gasteiger partial charge is 0.353 e. The minimum atomic E-state index is -4.52. The summed E-state index contributed by atoms with van der Waals surface area (Å²) in [5, 5.41) is 0. The highest BCUT2D eigenvalue weighted by atomic mass is 19.4. The van der Waals surface area contributed by atoms with Crippen LogP contribution in [0.15, 0.2) is 55.2 Å². The molecular weight excluding hydrogens is 385 g/mol. The summed E-state index contributed by atoms with van der Waals surface area (Å²) in [6, 6.07) is 7.67. The first-order valence-electron chi connectivity index (χ1n) is 8.95. The summed E-state index contributed by atoms with van der Waals surface area (Å²) in [6.07, 6.45) is 1.73. The highest BCUT2D eigenvalue weighted by Crippen LogP contribution is 2.27. The second-order valence-electron chi connectivity index (χ2n) is 6.53. The average molecular weight is 402 g/mol. The SMILES string of the molecule is O=C(c1ccc(C(F)(F)F)nc1)N1CCN(c2cc(-n3cccc3)ncn2)CC1. The molecule has 0 spiro atoms. The van der Waals surface area contributed by atoms with Gasteiger partial charge < -0.3 is 14.4 Å². The highest BCUT2D eigenvalue weighted by Gasteiger charge is 2.32. The Kier molecular flexibility index (Phi) is 4.91. The molecule has 0 atom stereocenters. The molecule has 150 valence electrons. The lowest BCUT2D eigenvalue weighted by Crippen LogP contribution is -2.49. The summed E-state index contributed by atoms with van der Waals surface area (Å²) >= 11 is 0. The molecule has 4 heterocycles. The van der Waals surface area contributed by atoms with Gasteiger partial charge in [0.1, 0.15) is 23.7 Å². The molecule has 1 aliphatic rings. The molecule has 3 aromatic heterocycles. The molecule has 0 N–H and O–H groups in total. The maximum atomic E-state index is 12.6. The number of aromatic nitrogens is 4. The number of piperazine rings is 1. The third-order valence-electron chi connectivity index (χ3n) is 4.70. The summed E-state index contributed by atoms with van der Waals surface area (Å²) in [5.74, 6) is 1.17. The standard InChI is InChI=1S/C19H17F3N6O/c20-19(21,22)15-4-3-14(12-23-15)18(29)28-9-7-27(8-10-28)17-11-16(24-13-25-17)26-5-1-2-6-26/h1-6,11-13H,7-10H2. The largest absolute Gasteiger partial charge is 0.433 e. The Hall–Kier alpha value is -3.43. The van der Waals surface area contributed by atoms with Crippen LogP contribution in [-0.4, -0.2) is 56.5 Å². The molecule has 1 amide bonds. The quantitative estimate of drug-likeness (QED) is 0.674. The van der Waals surface area contributed by atoms with Crippen LogP contribution in [-0.2, 0) is 6.18 Å². The summed E-state index contributed by atoms with van der Waals surface area (Å²) in [4.78, 5) is 28.2. The van der Waals surface area contributed by atoms with Gasteiger partial charge in [-0.05, 0) is 24.3 Å². The summed E-state index contributed by atoms with van der Waals surface area (Å²) in [7, 11) is 0. The van der Waals surface area contributed by atoms with Gasteiger partial charge in [0.25, 0.3) is 5.91 Å². The predicted octanol–water partition coefficient (Wildman–Crippen LogP) is 2.64. The van der Waals surface area contributed by atoms with Gasteiger partial charge in [-0.1, -0.05) is 0 Å². The van der Waals surface area contributed by atoms with Crippen LogP contribution >= 0.6 is 0 Å². The number of pyridine rings is 1. The van der Waals surface area contributed by atoms with Crippen LogP contribution in [0.2, 0.25) is 0 Å². The maximum absolute atomic E-state index is 12.6. The Bertz CT molecular complexity index is 980. The molecule has 0 aliphatic carbocycles. The van der Waals surface area contributed by atoms with Crippen LogP contribution in [0.5, 0.6) is 0 Å². The van der Waals surface area contributed by atoms with Gasteiger partial charge in [0.2, 0.25) is 0 Å². The summed E-state index contributed by atoms with van der Waals surface area (Å²) < 4.78 is 39.7. The third kappa shape index (κ3) is 4.05. The Morgan fingerprint density at radius 3 is 2.24 bits per heavy atom. The van der Waals surface area contributed by atoms with Crippen molar-refractivity contribution in [3.8, 4) is 5.82 Å². The van der Waals surface area contributed by atoms with E-state index in [0.717, 1.165) is 30.0 Å². The van der Waals surface area contributed by atoms with E-state index < -0.39 is 11.9 Å².